The lowest BCUT2D eigenvalue weighted by Crippen LogP contribution is -2.43. The fourth-order valence-corrected chi connectivity index (χ4v) is 4.57. The normalized spacial score (nSPS) is 24.0. The van der Waals surface area contributed by atoms with E-state index in [2.05, 4.69) is 17.0 Å². The molecule has 1 aliphatic carbocycles. The second-order valence-corrected chi connectivity index (χ2v) is 8.32. The van der Waals surface area contributed by atoms with Crippen LogP contribution in [-0.4, -0.2) is 41.3 Å². The van der Waals surface area contributed by atoms with Gasteiger partial charge in [-0.05, 0) is 68.8 Å². The number of hydrogen-bond acceptors (Lipinski definition) is 3. The first-order valence-corrected chi connectivity index (χ1v) is 9.88. The van der Waals surface area contributed by atoms with Crippen LogP contribution in [-0.2, 0) is 0 Å². The number of aliphatic hydroxyl groups is 1. The molecule has 0 spiro atoms. The molecular weight excluding hydrogens is 320 g/mol. The lowest BCUT2D eigenvalue weighted by Gasteiger charge is -2.38. The van der Waals surface area contributed by atoms with Gasteiger partial charge in [-0.1, -0.05) is 43.0 Å². The standard InChI is InChI=1S/C20H31ClN2O/c21-18-6-4-5-16(13-18)17(14-20(24)9-2-1-3-10-20)15-23-11-7-19(22)8-12-23/h4-6,13,17,19,24H,1-3,7-12,14-15,22H2. The predicted octanol–water partition coefficient (Wildman–Crippen LogP) is 3.93. The van der Waals surface area contributed by atoms with Gasteiger partial charge in [0.1, 0.15) is 0 Å². The van der Waals surface area contributed by atoms with Crippen LogP contribution >= 0.6 is 11.6 Å². The molecule has 0 bridgehead atoms. The molecular formula is C20H31ClN2O. The summed E-state index contributed by atoms with van der Waals surface area (Å²) in [4.78, 5) is 2.51. The number of benzene rings is 1. The third-order valence-electron chi connectivity index (χ3n) is 5.84. The molecule has 2 aliphatic rings. The van der Waals surface area contributed by atoms with E-state index in [-0.39, 0.29) is 0 Å². The Kier molecular flexibility index (Phi) is 6.20. The van der Waals surface area contributed by atoms with E-state index in [1.54, 1.807) is 0 Å². The Hall–Kier alpha value is -0.610. The Labute approximate surface area is 151 Å². The molecule has 1 heterocycles. The molecule has 1 aliphatic heterocycles. The molecule has 1 atom stereocenters. The van der Waals surface area contributed by atoms with Crippen molar-refractivity contribution in [3.63, 3.8) is 0 Å². The molecule has 0 amide bonds. The molecule has 24 heavy (non-hydrogen) atoms. The maximum absolute atomic E-state index is 11.1. The lowest BCUT2D eigenvalue weighted by molar-refractivity contribution is -0.0131. The quantitative estimate of drug-likeness (QED) is 0.845. The summed E-state index contributed by atoms with van der Waals surface area (Å²) < 4.78 is 0. The van der Waals surface area contributed by atoms with Gasteiger partial charge < -0.3 is 15.7 Å². The molecule has 1 aromatic rings. The number of halogens is 1. The van der Waals surface area contributed by atoms with E-state index in [9.17, 15) is 5.11 Å². The van der Waals surface area contributed by atoms with Crippen LogP contribution < -0.4 is 5.73 Å². The van der Waals surface area contributed by atoms with Gasteiger partial charge in [-0.25, -0.2) is 0 Å². The zero-order chi connectivity index (χ0) is 17.0. The first-order valence-electron chi connectivity index (χ1n) is 9.50. The van der Waals surface area contributed by atoms with Gasteiger partial charge in [-0.3, -0.25) is 0 Å². The highest BCUT2D eigenvalue weighted by Crippen LogP contribution is 2.37. The van der Waals surface area contributed by atoms with Crippen LogP contribution in [0.15, 0.2) is 24.3 Å². The average Bonchev–Trinajstić information content (AvgIpc) is 2.57. The Morgan fingerprint density at radius 1 is 1.21 bits per heavy atom. The minimum atomic E-state index is -0.503. The van der Waals surface area contributed by atoms with Gasteiger partial charge in [-0.15, -0.1) is 0 Å². The number of likely N-dealkylation sites (tertiary alicyclic amines) is 1. The SMILES string of the molecule is NC1CCN(CC(CC2(O)CCCCC2)c2cccc(Cl)c2)CC1. The summed E-state index contributed by atoms with van der Waals surface area (Å²) in [5, 5.41) is 11.9. The average molecular weight is 351 g/mol. The molecule has 2 fully saturated rings. The van der Waals surface area contributed by atoms with Crippen molar-refractivity contribution in [3.05, 3.63) is 34.9 Å². The summed E-state index contributed by atoms with van der Waals surface area (Å²) in [5.74, 6) is 0.334. The summed E-state index contributed by atoms with van der Waals surface area (Å²) in [6, 6.07) is 8.55. The van der Waals surface area contributed by atoms with Crippen LogP contribution in [0, 0.1) is 0 Å². The predicted molar refractivity (Wildman–Crippen MR) is 100 cm³/mol. The van der Waals surface area contributed by atoms with Gasteiger partial charge in [0.25, 0.3) is 0 Å². The van der Waals surface area contributed by atoms with Crippen molar-refractivity contribution in [1.29, 1.82) is 0 Å². The number of nitrogens with two attached hydrogens (primary N) is 1. The van der Waals surface area contributed by atoms with Crippen LogP contribution in [0.1, 0.15) is 62.8 Å². The molecule has 0 aromatic heterocycles. The van der Waals surface area contributed by atoms with Crippen LogP contribution in [0.5, 0.6) is 0 Å². The molecule has 0 radical (unpaired) electrons. The van der Waals surface area contributed by atoms with Gasteiger partial charge in [0.05, 0.1) is 5.60 Å². The van der Waals surface area contributed by atoms with Gasteiger partial charge in [0, 0.05) is 17.6 Å². The summed E-state index contributed by atoms with van der Waals surface area (Å²) in [6.45, 7) is 3.13. The monoisotopic (exact) mass is 350 g/mol. The lowest BCUT2D eigenvalue weighted by atomic mass is 9.76. The van der Waals surface area contributed by atoms with Gasteiger partial charge >= 0.3 is 0 Å². The minimum absolute atomic E-state index is 0.334. The summed E-state index contributed by atoms with van der Waals surface area (Å²) in [6.07, 6.45) is 8.43. The number of hydrogen-bond donors (Lipinski definition) is 2. The zero-order valence-electron chi connectivity index (χ0n) is 14.6. The molecule has 134 valence electrons. The Morgan fingerprint density at radius 3 is 2.58 bits per heavy atom. The topological polar surface area (TPSA) is 49.5 Å². The van der Waals surface area contributed by atoms with Crippen LogP contribution in [0.2, 0.25) is 5.02 Å². The van der Waals surface area contributed by atoms with E-state index in [1.807, 2.05) is 12.1 Å². The fourth-order valence-electron chi connectivity index (χ4n) is 4.37. The van der Waals surface area contributed by atoms with Crippen LogP contribution in [0.3, 0.4) is 0 Å². The summed E-state index contributed by atoms with van der Waals surface area (Å²) in [5.41, 5.74) is 6.80. The first-order chi connectivity index (χ1) is 11.5. The highest BCUT2D eigenvalue weighted by molar-refractivity contribution is 6.30. The van der Waals surface area contributed by atoms with E-state index in [4.69, 9.17) is 17.3 Å². The van der Waals surface area contributed by atoms with Gasteiger partial charge in [-0.2, -0.15) is 0 Å². The smallest absolute Gasteiger partial charge is 0.0654 e. The number of rotatable bonds is 5. The number of nitrogens with zero attached hydrogens (tertiary/aromatic N) is 1. The second kappa shape index (κ2) is 8.18. The van der Waals surface area contributed by atoms with Crippen molar-refractivity contribution >= 4 is 11.6 Å². The fraction of sp³-hybridized carbons (Fsp3) is 0.700. The van der Waals surface area contributed by atoms with Crippen LogP contribution in [0.4, 0.5) is 0 Å². The molecule has 3 rings (SSSR count). The first kappa shape index (κ1) is 18.2. The molecule has 1 aromatic carbocycles. The minimum Gasteiger partial charge on any atom is -0.390 e. The van der Waals surface area contributed by atoms with Crippen molar-refractivity contribution in [3.8, 4) is 0 Å². The Morgan fingerprint density at radius 2 is 1.92 bits per heavy atom. The molecule has 1 saturated carbocycles. The van der Waals surface area contributed by atoms with Gasteiger partial charge in [0.2, 0.25) is 0 Å². The second-order valence-electron chi connectivity index (χ2n) is 7.88. The Balaban J connectivity index is 1.73. The zero-order valence-corrected chi connectivity index (χ0v) is 15.3. The van der Waals surface area contributed by atoms with Crippen molar-refractivity contribution < 1.29 is 5.11 Å². The van der Waals surface area contributed by atoms with Gasteiger partial charge in [0.15, 0.2) is 0 Å². The molecule has 1 saturated heterocycles. The molecule has 3 N–H and O–H groups in total. The van der Waals surface area contributed by atoms with E-state index >= 15 is 0 Å². The van der Waals surface area contributed by atoms with E-state index in [1.165, 1.54) is 12.0 Å². The third kappa shape index (κ3) is 4.95. The maximum Gasteiger partial charge on any atom is 0.0654 e. The van der Waals surface area contributed by atoms with Crippen molar-refractivity contribution in [1.82, 2.24) is 4.90 Å². The molecule has 4 heteroatoms. The maximum atomic E-state index is 11.1. The van der Waals surface area contributed by atoms with E-state index in [0.717, 1.165) is 69.6 Å². The Bertz CT molecular complexity index is 522. The number of piperidine rings is 1. The largest absolute Gasteiger partial charge is 0.390 e. The van der Waals surface area contributed by atoms with Crippen molar-refractivity contribution in [2.75, 3.05) is 19.6 Å². The molecule has 3 nitrogen and oxygen atoms in total. The van der Waals surface area contributed by atoms with Crippen LogP contribution in [0.25, 0.3) is 0 Å². The summed E-state index contributed by atoms with van der Waals surface area (Å²) >= 11 is 6.24. The van der Waals surface area contributed by atoms with E-state index in [0.29, 0.717) is 12.0 Å². The third-order valence-corrected chi connectivity index (χ3v) is 6.08. The highest BCUT2D eigenvalue weighted by Gasteiger charge is 2.33. The van der Waals surface area contributed by atoms with Crippen molar-refractivity contribution in [2.24, 2.45) is 5.73 Å². The molecule has 1 unspecified atom stereocenters. The summed E-state index contributed by atoms with van der Waals surface area (Å²) in [7, 11) is 0. The van der Waals surface area contributed by atoms with Crippen molar-refractivity contribution in [2.45, 2.75) is 68.9 Å². The van der Waals surface area contributed by atoms with E-state index < -0.39 is 5.60 Å². The highest BCUT2D eigenvalue weighted by atomic mass is 35.5.